The van der Waals surface area contributed by atoms with Crippen LogP contribution in [-0.2, 0) is 20.6 Å². The fraction of sp³-hybridized carbons (Fsp3) is 0.308. The van der Waals surface area contributed by atoms with E-state index < -0.39 is 0 Å². The van der Waals surface area contributed by atoms with Crippen molar-refractivity contribution in [3.8, 4) is 0 Å². The van der Waals surface area contributed by atoms with Gasteiger partial charge in [0, 0.05) is 26.8 Å². The molecule has 112 valence electrons. The molecule has 2 aromatic rings. The molecule has 0 radical (unpaired) electrons. The SMILES string of the molecule is Cc1cc(Cl)nc(Cl)c1NCc1cn(C)c(=O)n(C)c1=O. The molecule has 8 heteroatoms. The van der Waals surface area contributed by atoms with Crippen LogP contribution in [0.25, 0.3) is 0 Å². The van der Waals surface area contributed by atoms with E-state index in [9.17, 15) is 9.59 Å². The van der Waals surface area contributed by atoms with Gasteiger partial charge in [-0.2, -0.15) is 0 Å². The molecule has 0 saturated carbocycles. The standard InChI is InChI=1S/C13H14Cl2N4O2/c1-7-4-9(14)17-11(15)10(7)16-5-8-6-18(2)13(21)19(3)12(8)20/h4,6,16H,5H2,1-3H3. The summed E-state index contributed by atoms with van der Waals surface area (Å²) >= 11 is 11.8. The highest BCUT2D eigenvalue weighted by Gasteiger charge is 2.10. The summed E-state index contributed by atoms with van der Waals surface area (Å²) in [5.41, 5.74) is 1.16. The Bertz CT molecular complexity index is 788. The lowest BCUT2D eigenvalue weighted by molar-refractivity contribution is 0.671. The number of pyridine rings is 1. The topological polar surface area (TPSA) is 68.9 Å². The Kier molecular flexibility index (Phi) is 4.39. The van der Waals surface area contributed by atoms with E-state index in [0.29, 0.717) is 16.4 Å². The van der Waals surface area contributed by atoms with Crippen LogP contribution < -0.4 is 16.6 Å². The van der Waals surface area contributed by atoms with Crippen molar-refractivity contribution < 1.29 is 0 Å². The Morgan fingerprint density at radius 1 is 1.29 bits per heavy atom. The third kappa shape index (κ3) is 3.11. The first-order chi connectivity index (χ1) is 9.81. The van der Waals surface area contributed by atoms with Gasteiger partial charge in [0.25, 0.3) is 5.56 Å². The number of hydrogen-bond donors (Lipinski definition) is 1. The molecule has 0 aliphatic rings. The van der Waals surface area contributed by atoms with Crippen molar-refractivity contribution in [2.45, 2.75) is 13.5 Å². The van der Waals surface area contributed by atoms with Gasteiger partial charge in [-0.15, -0.1) is 0 Å². The fourth-order valence-corrected chi connectivity index (χ4v) is 2.59. The van der Waals surface area contributed by atoms with Gasteiger partial charge >= 0.3 is 5.69 Å². The summed E-state index contributed by atoms with van der Waals surface area (Å²) in [5, 5.41) is 3.60. The molecule has 1 N–H and O–H groups in total. The van der Waals surface area contributed by atoms with Gasteiger partial charge < -0.3 is 9.88 Å². The van der Waals surface area contributed by atoms with Crippen LogP contribution in [0.3, 0.4) is 0 Å². The molecule has 2 aromatic heterocycles. The van der Waals surface area contributed by atoms with Crippen molar-refractivity contribution in [3.63, 3.8) is 0 Å². The molecule has 0 aliphatic carbocycles. The van der Waals surface area contributed by atoms with Crippen molar-refractivity contribution in [2.24, 2.45) is 14.1 Å². The molecule has 2 heterocycles. The van der Waals surface area contributed by atoms with Gasteiger partial charge in [-0.05, 0) is 18.6 Å². The normalized spacial score (nSPS) is 10.7. The van der Waals surface area contributed by atoms with Crippen LogP contribution in [0.2, 0.25) is 10.3 Å². The highest BCUT2D eigenvalue weighted by molar-refractivity contribution is 6.34. The van der Waals surface area contributed by atoms with E-state index in [4.69, 9.17) is 23.2 Å². The van der Waals surface area contributed by atoms with Crippen LogP contribution in [0.1, 0.15) is 11.1 Å². The molecule has 0 aliphatic heterocycles. The molecule has 6 nitrogen and oxygen atoms in total. The number of nitrogens with one attached hydrogen (secondary N) is 1. The van der Waals surface area contributed by atoms with Gasteiger partial charge in [-0.25, -0.2) is 9.78 Å². The van der Waals surface area contributed by atoms with E-state index in [1.165, 1.54) is 17.8 Å². The maximum atomic E-state index is 12.0. The molecule has 0 amide bonds. The molecule has 2 rings (SSSR count). The molecular weight excluding hydrogens is 315 g/mol. The maximum absolute atomic E-state index is 12.0. The molecule has 0 spiro atoms. The third-order valence-electron chi connectivity index (χ3n) is 3.11. The Morgan fingerprint density at radius 3 is 2.57 bits per heavy atom. The number of hydrogen-bond acceptors (Lipinski definition) is 4. The summed E-state index contributed by atoms with van der Waals surface area (Å²) in [6.07, 6.45) is 1.50. The van der Waals surface area contributed by atoms with Crippen molar-refractivity contribution in [1.82, 2.24) is 14.1 Å². The first-order valence-electron chi connectivity index (χ1n) is 6.13. The van der Waals surface area contributed by atoms with E-state index in [1.54, 1.807) is 13.1 Å². The fourth-order valence-electron chi connectivity index (χ4n) is 2.00. The van der Waals surface area contributed by atoms with Crippen molar-refractivity contribution in [3.05, 3.63) is 54.5 Å². The lowest BCUT2D eigenvalue weighted by atomic mass is 10.2. The minimum atomic E-state index is -0.369. The largest absolute Gasteiger partial charge is 0.378 e. The second-order valence-electron chi connectivity index (χ2n) is 4.69. The second-order valence-corrected chi connectivity index (χ2v) is 5.44. The Balaban J connectivity index is 2.34. The number of nitrogens with zero attached hydrogens (tertiary/aromatic N) is 3. The highest BCUT2D eigenvalue weighted by Crippen LogP contribution is 2.26. The van der Waals surface area contributed by atoms with Crippen LogP contribution in [0.4, 0.5) is 5.69 Å². The van der Waals surface area contributed by atoms with Gasteiger partial charge in [-0.3, -0.25) is 9.36 Å². The van der Waals surface area contributed by atoms with E-state index in [0.717, 1.165) is 10.1 Å². The van der Waals surface area contributed by atoms with Gasteiger partial charge in [0.1, 0.15) is 5.15 Å². The lowest BCUT2D eigenvalue weighted by Crippen LogP contribution is -2.38. The van der Waals surface area contributed by atoms with Crippen molar-refractivity contribution >= 4 is 28.9 Å². The summed E-state index contributed by atoms with van der Waals surface area (Å²) in [6.45, 7) is 2.06. The summed E-state index contributed by atoms with van der Waals surface area (Å²) in [6, 6.07) is 1.68. The van der Waals surface area contributed by atoms with Crippen LogP contribution in [-0.4, -0.2) is 14.1 Å². The van der Waals surface area contributed by atoms with E-state index in [2.05, 4.69) is 10.3 Å². The van der Waals surface area contributed by atoms with Gasteiger partial charge in [0.15, 0.2) is 5.15 Å². The number of halogens is 2. The van der Waals surface area contributed by atoms with Gasteiger partial charge in [-0.1, -0.05) is 23.2 Å². The molecule has 21 heavy (non-hydrogen) atoms. The number of aromatic nitrogens is 3. The zero-order chi connectivity index (χ0) is 15.7. The quantitative estimate of drug-likeness (QED) is 0.871. The first-order valence-corrected chi connectivity index (χ1v) is 6.89. The average Bonchev–Trinajstić information content (AvgIpc) is 2.40. The molecule has 0 unspecified atom stereocenters. The van der Waals surface area contributed by atoms with Crippen LogP contribution in [0.5, 0.6) is 0 Å². The Hall–Kier alpha value is -1.79. The van der Waals surface area contributed by atoms with Crippen LogP contribution >= 0.6 is 23.2 Å². The number of anilines is 1. The Labute approximate surface area is 131 Å². The highest BCUT2D eigenvalue weighted by atomic mass is 35.5. The summed E-state index contributed by atoms with van der Waals surface area (Å²) in [7, 11) is 3.03. The average molecular weight is 329 g/mol. The molecular formula is C13H14Cl2N4O2. The Morgan fingerprint density at radius 2 is 1.95 bits per heavy atom. The van der Waals surface area contributed by atoms with E-state index in [1.807, 2.05) is 6.92 Å². The monoisotopic (exact) mass is 328 g/mol. The molecule has 0 bridgehead atoms. The second kappa shape index (κ2) is 5.91. The van der Waals surface area contributed by atoms with Crippen LogP contribution in [0, 0.1) is 6.92 Å². The summed E-state index contributed by atoms with van der Waals surface area (Å²) in [5.74, 6) is 0. The zero-order valence-corrected chi connectivity index (χ0v) is 13.3. The number of rotatable bonds is 3. The minimum Gasteiger partial charge on any atom is -0.378 e. The molecule has 0 atom stereocenters. The van der Waals surface area contributed by atoms with Gasteiger partial charge in [0.05, 0.1) is 11.3 Å². The predicted molar refractivity (Wildman–Crippen MR) is 83.2 cm³/mol. The molecule has 0 aromatic carbocycles. The van der Waals surface area contributed by atoms with Crippen molar-refractivity contribution in [2.75, 3.05) is 5.32 Å². The molecule has 0 fully saturated rings. The molecule has 0 saturated heterocycles. The smallest absolute Gasteiger partial charge is 0.330 e. The van der Waals surface area contributed by atoms with E-state index >= 15 is 0 Å². The predicted octanol–water partition coefficient (Wildman–Crippen LogP) is 1.71. The first kappa shape index (κ1) is 15.6. The summed E-state index contributed by atoms with van der Waals surface area (Å²) in [4.78, 5) is 27.6. The van der Waals surface area contributed by atoms with E-state index in [-0.39, 0.29) is 22.9 Å². The minimum absolute atomic E-state index is 0.227. The number of aryl methyl sites for hydroxylation is 2. The van der Waals surface area contributed by atoms with Gasteiger partial charge in [0.2, 0.25) is 0 Å². The maximum Gasteiger partial charge on any atom is 0.330 e. The van der Waals surface area contributed by atoms with Crippen molar-refractivity contribution in [1.29, 1.82) is 0 Å². The lowest BCUT2D eigenvalue weighted by Gasteiger charge is -2.12. The summed E-state index contributed by atoms with van der Waals surface area (Å²) < 4.78 is 2.42. The zero-order valence-electron chi connectivity index (χ0n) is 11.8. The van der Waals surface area contributed by atoms with Crippen LogP contribution in [0.15, 0.2) is 21.9 Å². The third-order valence-corrected chi connectivity index (χ3v) is 3.58.